The third-order valence-electron chi connectivity index (χ3n) is 0.183. The predicted octanol–water partition coefficient (Wildman–Crippen LogP) is -2.74. The van der Waals surface area contributed by atoms with Gasteiger partial charge in [0.1, 0.15) is 0 Å². The first-order valence-corrected chi connectivity index (χ1v) is 1.88. The minimum atomic E-state index is -2.17. The van der Waals surface area contributed by atoms with Gasteiger partial charge in [-0.15, -0.1) is 0 Å². The SMILES string of the molecule is F.O=C(O)C(=O)O.OB(O)O. The Morgan fingerprint density at radius 3 is 1.00 bits per heavy atom. The van der Waals surface area contributed by atoms with E-state index in [2.05, 4.69) is 0 Å². The van der Waals surface area contributed by atoms with Crippen molar-refractivity contribution in [2.24, 2.45) is 0 Å². The molecule has 0 radical (unpaired) electrons. The summed E-state index contributed by atoms with van der Waals surface area (Å²) in [5, 5.41) is 36.3. The summed E-state index contributed by atoms with van der Waals surface area (Å²) in [6, 6.07) is 0. The van der Waals surface area contributed by atoms with Crippen molar-refractivity contribution in [1.82, 2.24) is 0 Å². The highest BCUT2D eigenvalue weighted by atomic mass is 19.0. The predicted molar refractivity (Wildman–Crippen MR) is 30.2 cm³/mol. The molecule has 0 aliphatic rings. The number of halogens is 1. The highest BCUT2D eigenvalue weighted by molar-refractivity contribution is 6.30. The van der Waals surface area contributed by atoms with E-state index in [4.69, 9.17) is 34.9 Å². The number of rotatable bonds is 0. The molecule has 0 amide bonds. The highest BCUT2D eigenvalue weighted by Crippen LogP contribution is 1.56. The van der Waals surface area contributed by atoms with Gasteiger partial charge in [0, 0.05) is 0 Å². The first kappa shape index (κ1) is 16.4. The van der Waals surface area contributed by atoms with E-state index < -0.39 is 19.3 Å². The maximum atomic E-state index is 9.10. The maximum Gasteiger partial charge on any atom is 0.631 e. The lowest BCUT2D eigenvalue weighted by molar-refractivity contribution is -0.159. The number of carboxylic acid groups (broad SMARTS) is 2. The second-order valence-corrected chi connectivity index (χ2v) is 0.957. The molecule has 66 valence electrons. The van der Waals surface area contributed by atoms with Crippen molar-refractivity contribution in [1.29, 1.82) is 0 Å². The molecule has 0 heterocycles. The van der Waals surface area contributed by atoms with Crippen molar-refractivity contribution in [2.75, 3.05) is 0 Å². The van der Waals surface area contributed by atoms with Crippen LogP contribution >= 0.6 is 0 Å². The smallest absolute Gasteiger partial charge is 0.473 e. The minimum Gasteiger partial charge on any atom is -0.473 e. The van der Waals surface area contributed by atoms with Crippen molar-refractivity contribution in [3.63, 3.8) is 0 Å². The summed E-state index contributed by atoms with van der Waals surface area (Å²) in [5.74, 6) is -3.65. The fourth-order valence-electron chi connectivity index (χ4n) is 0. The van der Waals surface area contributed by atoms with Crippen molar-refractivity contribution in [2.45, 2.75) is 0 Å². The van der Waals surface area contributed by atoms with E-state index in [0.29, 0.717) is 0 Å². The summed E-state index contributed by atoms with van der Waals surface area (Å²) in [6.45, 7) is 0. The molecule has 9 heteroatoms. The van der Waals surface area contributed by atoms with Crippen LogP contribution in [-0.2, 0) is 9.59 Å². The van der Waals surface area contributed by atoms with Crippen LogP contribution in [-0.4, -0.2) is 44.5 Å². The first-order chi connectivity index (χ1) is 4.37. The molecule has 0 bridgehead atoms. The van der Waals surface area contributed by atoms with Crippen LogP contribution in [0.3, 0.4) is 0 Å². The van der Waals surface area contributed by atoms with E-state index in [-0.39, 0.29) is 4.70 Å². The number of carboxylic acids is 2. The monoisotopic (exact) mass is 172 g/mol. The van der Waals surface area contributed by atoms with Crippen LogP contribution in [0.2, 0.25) is 0 Å². The Hall–Kier alpha value is -1.19. The van der Waals surface area contributed by atoms with Crippen LogP contribution in [0.25, 0.3) is 0 Å². The second kappa shape index (κ2) is 8.81. The number of carbonyl (C=O) groups is 2. The summed E-state index contributed by atoms with van der Waals surface area (Å²) < 4.78 is 0. The van der Waals surface area contributed by atoms with E-state index in [1.807, 2.05) is 0 Å². The van der Waals surface area contributed by atoms with Gasteiger partial charge in [-0.2, -0.15) is 0 Å². The highest BCUT2D eigenvalue weighted by Gasteiger charge is 2.04. The summed E-state index contributed by atoms with van der Waals surface area (Å²) in [4.78, 5) is 18.2. The lowest BCUT2D eigenvalue weighted by Gasteiger charge is -1.72. The van der Waals surface area contributed by atoms with Crippen LogP contribution in [0.1, 0.15) is 0 Å². The van der Waals surface area contributed by atoms with Crippen LogP contribution in [0.15, 0.2) is 0 Å². The normalized spacial score (nSPS) is 6.45. The molecule has 7 nitrogen and oxygen atoms in total. The Morgan fingerprint density at radius 2 is 1.00 bits per heavy atom. The van der Waals surface area contributed by atoms with E-state index in [1.165, 1.54) is 0 Å². The quantitative estimate of drug-likeness (QED) is 0.197. The lowest BCUT2D eigenvalue weighted by Crippen LogP contribution is -2.09. The molecule has 0 aromatic rings. The standard InChI is InChI=1S/C2H2O4.BH3O3.FH/c3-1(4)2(5)6;2-1(3)4;/h(H,3,4)(H,5,6);2-4H;1H. The van der Waals surface area contributed by atoms with Crippen molar-refractivity contribution >= 4 is 19.3 Å². The summed E-state index contributed by atoms with van der Waals surface area (Å²) in [6.07, 6.45) is 0. The van der Waals surface area contributed by atoms with Crippen LogP contribution < -0.4 is 0 Å². The van der Waals surface area contributed by atoms with Crippen LogP contribution in [0, 0.1) is 0 Å². The molecular weight excluding hydrogens is 166 g/mol. The van der Waals surface area contributed by atoms with E-state index in [9.17, 15) is 0 Å². The zero-order chi connectivity index (χ0) is 8.73. The number of aliphatic carboxylic acids is 2. The summed E-state index contributed by atoms with van der Waals surface area (Å²) >= 11 is 0. The molecule has 0 aromatic heterocycles. The maximum absolute atomic E-state index is 9.10. The van der Waals surface area contributed by atoms with Crippen molar-refractivity contribution in [3.05, 3.63) is 0 Å². The van der Waals surface area contributed by atoms with Gasteiger partial charge in [0.2, 0.25) is 0 Å². The van der Waals surface area contributed by atoms with Gasteiger partial charge in [0.25, 0.3) is 0 Å². The van der Waals surface area contributed by atoms with E-state index in [0.717, 1.165) is 0 Å². The largest absolute Gasteiger partial charge is 0.631 e. The van der Waals surface area contributed by atoms with Gasteiger partial charge >= 0.3 is 19.3 Å². The Bertz CT molecular complexity index is 109. The topological polar surface area (TPSA) is 135 Å². The average Bonchev–Trinajstić information content (AvgIpc) is 1.63. The fourth-order valence-corrected chi connectivity index (χ4v) is 0. The molecule has 0 rings (SSSR count). The van der Waals surface area contributed by atoms with Crippen molar-refractivity contribution in [3.8, 4) is 0 Å². The third-order valence-corrected chi connectivity index (χ3v) is 0.183. The second-order valence-electron chi connectivity index (χ2n) is 0.957. The van der Waals surface area contributed by atoms with Gasteiger partial charge in [0.15, 0.2) is 0 Å². The van der Waals surface area contributed by atoms with Gasteiger partial charge < -0.3 is 25.3 Å². The Kier molecular flexibility index (Phi) is 13.2. The van der Waals surface area contributed by atoms with E-state index in [1.54, 1.807) is 0 Å². The summed E-state index contributed by atoms with van der Waals surface area (Å²) in [7, 11) is -2.17. The van der Waals surface area contributed by atoms with Gasteiger partial charge in [0.05, 0.1) is 0 Å². The van der Waals surface area contributed by atoms with E-state index >= 15 is 0 Å². The molecule has 0 unspecified atom stereocenters. The molecule has 0 aliphatic heterocycles. The molecular formula is C2H6BFO7. The molecule has 5 N–H and O–H groups in total. The van der Waals surface area contributed by atoms with Gasteiger partial charge in [-0.1, -0.05) is 0 Å². The molecule has 0 aliphatic carbocycles. The zero-order valence-corrected chi connectivity index (χ0v) is 5.04. The van der Waals surface area contributed by atoms with Crippen LogP contribution in [0.4, 0.5) is 4.70 Å². The van der Waals surface area contributed by atoms with Gasteiger partial charge in [-0.3, -0.25) is 4.70 Å². The molecule has 0 saturated heterocycles. The Balaban J connectivity index is -0.000000114. The fraction of sp³-hybridized carbons (Fsp3) is 0. The first-order valence-electron chi connectivity index (χ1n) is 1.88. The molecule has 11 heavy (non-hydrogen) atoms. The number of hydrogen-bond donors (Lipinski definition) is 5. The molecule has 0 atom stereocenters. The molecule has 0 saturated carbocycles. The average molecular weight is 172 g/mol. The lowest BCUT2D eigenvalue weighted by atomic mass is 10.3. The van der Waals surface area contributed by atoms with Crippen LogP contribution in [0.5, 0.6) is 0 Å². The minimum absolute atomic E-state index is 0. The van der Waals surface area contributed by atoms with Crippen molar-refractivity contribution < 1.29 is 39.6 Å². The Morgan fingerprint density at radius 1 is 0.909 bits per heavy atom. The zero-order valence-electron chi connectivity index (χ0n) is 5.04. The molecule has 0 fully saturated rings. The Labute approximate surface area is 60.1 Å². The number of hydrogen-bond acceptors (Lipinski definition) is 5. The molecule has 0 spiro atoms. The molecule has 0 aromatic carbocycles. The van der Waals surface area contributed by atoms with Gasteiger partial charge in [-0.05, 0) is 0 Å². The van der Waals surface area contributed by atoms with Gasteiger partial charge in [-0.25, -0.2) is 9.59 Å². The summed E-state index contributed by atoms with van der Waals surface area (Å²) in [5.41, 5.74) is 0. The third kappa shape index (κ3) is 51.7.